The number of nitrogens with zero attached hydrogens (tertiary/aromatic N) is 1. The van der Waals surface area contributed by atoms with Gasteiger partial charge in [-0.05, 0) is 23.3 Å². The predicted molar refractivity (Wildman–Crippen MR) is 216 cm³/mol. The van der Waals surface area contributed by atoms with Gasteiger partial charge in [0.2, 0.25) is 5.52 Å². The van der Waals surface area contributed by atoms with Crippen LogP contribution in [0.15, 0.2) is 97.1 Å². The lowest BCUT2D eigenvalue weighted by molar-refractivity contribution is -0.670. The molecule has 0 fully saturated rings. The van der Waals surface area contributed by atoms with Crippen molar-refractivity contribution in [1.29, 1.82) is 0 Å². The smallest absolute Gasteiger partial charge is 0.207 e. The topological polar surface area (TPSA) is 3.88 Å². The van der Waals surface area contributed by atoms with E-state index in [-0.39, 0.29) is 0 Å². The highest BCUT2D eigenvalue weighted by atomic mass is 19.2. The van der Waals surface area contributed by atoms with Crippen molar-refractivity contribution in [2.24, 2.45) is 0 Å². The van der Waals surface area contributed by atoms with Gasteiger partial charge in [-0.1, -0.05) is 78.9 Å². The molecule has 8 aromatic rings. The lowest BCUT2D eigenvalue weighted by Gasteiger charge is -2.44. The molecule has 1 atom stereocenters. The Hall–Kier alpha value is -7.65. The highest BCUT2D eigenvalue weighted by Crippen LogP contribution is 2.35. The summed E-state index contributed by atoms with van der Waals surface area (Å²) in [6, 6.07) is 32.6. The second-order valence-electron chi connectivity index (χ2n) is 15.7. The molecule has 364 valence electrons. The minimum atomic E-state index is -7.22. The molecule has 0 N–H and O–H groups in total. The molecule has 0 aliphatic heterocycles. The normalized spacial score (nSPS) is 13.2. The van der Waals surface area contributed by atoms with Gasteiger partial charge in [-0.15, -0.1) is 21.9 Å². The van der Waals surface area contributed by atoms with Gasteiger partial charge in [0, 0.05) is 23.1 Å². The molecule has 0 bridgehead atoms. The van der Waals surface area contributed by atoms with Gasteiger partial charge in [-0.25, -0.2) is 87.8 Å². The zero-order chi connectivity index (χ0) is 51.7. The van der Waals surface area contributed by atoms with E-state index in [1.807, 2.05) is 0 Å². The fraction of sp³-hybridized carbons (Fsp3) is 0.0408. The Morgan fingerprint density at radius 1 is 0.338 bits per heavy atom. The molecule has 1 aliphatic carbocycles. The van der Waals surface area contributed by atoms with Crippen molar-refractivity contribution in [2.75, 3.05) is 0 Å². The van der Waals surface area contributed by atoms with Crippen molar-refractivity contribution >= 4 is 45.0 Å². The quantitative estimate of drug-likeness (QED) is 0.0493. The molecule has 1 heterocycles. The van der Waals surface area contributed by atoms with E-state index in [1.165, 1.54) is 33.3 Å². The van der Waals surface area contributed by atoms with E-state index in [0.29, 0.717) is 5.92 Å². The molecule has 0 amide bonds. The van der Waals surface area contributed by atoms with Gasteiger partial charge in [0.15, 0.2) is 82.0 Å². The summed E-state index contributed by atoms with van der Waals surface area (Å²) in [6.45, 7) is 0.879. The van der Waals surface area contributed by atoms with Crippen LogP contribution in [0, 0.1) is 116 Å². The molecule has 0 saturated carbocycles. The van der Waals surface area contributed by atoms with Crippen LogP contribution in [0.1, 0.15) is 28.3 Å². The Labute approximate surface area is 385 Å². The van der Waals surface area contributed by atoms with Crippen LogP contribution >= 0.6 is 0 Å². The Bertz CT molecular complexity index is 3150. The van der Waals surface area contributed by atoms with E-state index in [1.54, 1.807) is 0 Å². The van der Waals surface area contributed by atoms with Gasteiger partial charge in [0.05, 0.1) is 5.92 Å². The molecule has 1 aromatic heterocycles. The van der Waals surface area contributed by atoms with Gasteiger partial charge in [-0.3, -0.25) is 0 Å². The number of fused-ring (bicyclic) bond motifs is 2. The third kappa shape index (κ3) is 7.65. The van der Waals surface area contributed by atoms with Gasteiger partial charge in [-0.2, -0.15) is 4.57 Å². The first-order valence-corrected chi connectivity index (χ1v) is 20.1. The second kappa shape index (κ2) is 18.6. The van der Waals surface area contributed by atoms with Crippen LogP contribution in [-0.2, 0) is 6.54 Å². The monoisotopic (exact) mass is 1010 g/mol. The number of rotatable bonds is 7. The van der Waals surface area contributed by atoms with Crippen molar-refractivity contribution in [3.8, 4) is 0 Å². The Morgan fingerprint density at radius 3 is 1.08 bits per heavy atom. The van der Waals surface area contributed by atoms with Gasteiger partial charge in [0.25, 0.3) is 0 Å². The fourth-order valence-electron chi connectivity index (χ4n) is 8.87. The highest BCUT2D eigenvalue weighted by molar-refractivity contribution is 7.20. The second-order valence-corrected chi connectivity index (χ2v) is 15.7. The molecule has 71 heavy (non-hydrogen) atoms. The summed E-state index contributed by atoms with van der Waals surface area (Å²) in [5.41, 5.74) is -7.66. The number of hydrogen-bond donors (Lipinski definition) is 0. The van der Waals surface area contributed by atoms with Gasteiger partial charge in [0.1, 0.15) is 52.7 Å². The molecule has 0 radical (unpaired) electrons. The number of pyridine rings is 1. The maximum Gasteiger partial charge on any atom is 0.213 e. The molecule has 0 saturated heterocycles. The van der Waals surface area contributed by atoms with Crippen LogP contribution in [0.3, 0.4) is 0 Å². The summed E-state index contributed by atoms with van der Waals surface area (Å²) in [5, 5.41) is 1.28. The fourth-order valence-corrected chi connectivity index (χ4v) is 8.87. The molecule has 7 aromatic carbocycles. The van der Waals surface area contributed by atoms with Crippen molar-refractivity contribution in [1.82, 2.24) is 0 Å². The van der Waals surface area contributed by atoms with E-state index in [2.05, 4.69) is 108 Å². The first-order valence-electron chi connectivity index (χ1n) is 20.1. The molecule has 1 nitrogen and oxygen atoms in total. The minimum Gasteiger partial charge on any atom is -0.207 e. The predicted octanol–water partition coefficient (Wildman–Crippen LogP) is 11.2. The Balaban J connectivity index is 0.000000218. The third-order valence-electron chi connectivity index (χ3n) is 12.0. The number of aromatic nitrogens is 1. The van der Waals surface area contributed by atoms with E-state index in [4.69, 9.17) is 0 Å². The maximum atomic E-state index is 15.4. The number of benzene rings is 7. The summed E-state index contributed by atoms with van der Waals surface area (Å²) in [7, 11) is 0. The van der Waals surface area contributed by atoms with Gasteiger partial charge >= 0.3 is 0 Å². The first kappa shape index (κ1) is 49.8. The van der Waals surface area contributed by atoms with Crippen LogP contribution < -0.4 is 26.4 Å². The lowest BCUT2D eigenvalue weighted by atomic mass is 9.12. The first-order chi connectivity index (χ1) is 33.6. The number of allylic oxidation sites excluding steroid dienone is 1. The SMILES string of the molecule is C1=CC(c2ccc3ccccc3[n+]2Cc2ccccc2)c2ccccc21.Fc1c(F)c(F)c([B-](c2c(F)c(F)c(F)c(F)c2F)(c2c(F)c(F)c(F)c(F)c2F)c2c(F)c(F)c(F)c(F)c2F)c(F)c1F. The van der Waals surface area contributed by atoms with E-state index in [9.17, 15) is 52.7 Å². The molecule has 0 spiro atoms. The average molecular weight is 1010 g/mol. The van der Waals surface area contributed by atoms with Gasteiger partial charge < -0.3 is 0 Å². The zero-order valence-corrected chi connectivity index (χ0v) is 34.7. The zero-order valence-electron chi connectivity index (χ0n) is 34.7. The molecule has 1 unspecified atom stereocenters. The molecule has 9 rings (SSSR count). The maximum absolute atomic E-state index is 15.4. The summed E-state index contributed by atoms with van der Waals surface area (Å²) in [6.07, 6.45) is -2.64. The summed E-state index contributed by atoms with van der Waals surface area (Å²) < 4.78 is 296. The number of halogens is 20. The number of hydrogen-bond acceptors (Lipinski definition) is 0. The molecular formula is C49H20BF20N. The molecule has 1 aliphatic rings. The summed E-state index contributed by atoms with van der Waals surface area (Å²) in [5.74, 6) is -71.1. The Kier molecular flexibility index (Phi) is 13.0. The Morgan fingerprint density at radius 2 is 0.676 bits per heavy atom. The van der Waals surface area contributed by atoms with Crippen LogP contribution in [0.5, 0.6) is 0 Å². The highest BCUT2D eigenvalue weighted by Gasteiger charge is 2.52. The van der Waals surface area contributed by atoms with Crippen molar-refractivity contribution in [2.45, 2.75) is 12.5 Å². The van der Waals surface area contributed by atoms with E-state index >= 15 is 35.1 Å². The molecule has 22 heteroatoms. The van der Waals surface area contributed by atoms with Crippen LogP contribution in [0.2, 0.25) is 0 Å². The molecular weight excluding hydrogens is 993 g/mol. The largest absolute Gasteiger partial charge is 0.213 e. The summed E-state index contributed by atoms with van der Waals surface area (Å²) in [4.78, 5) is 0. The number of para-hydroxylation sites is 1. The van der Waals surface area contributed by atoms with E-state index in [0.717, 1.165) is 6.54 Å². The summed E-state index contributed by atoms with van der Waals surface area (Å²) >= 11 is 0. The van der Waals surface area contributed by atoms with E-state index < -0.39 is 144 Å². The average Bonchev–Trinajstić information content (AvgIpc) is 3.81. The van der Waals surface area contributed by atoms with Crippen molar-refractivity contribution in [3.63, 3.8) is 0 Å². The van der Waals surface area contributed by atoms with Crippen molar-refractivity contribution < 1.29 is 92.4 Å². The van der Waals surface area contributed by atoms with Crippen LogP contribution in [-0.4, -0.2) is 6.15 Å². The third-order valence-corrected chi connectivity index (χ3v) is 12.0. The van der Waals surface area contributed by atoms with Crippen LogP contribution in [0.25, 0.3) is 17.0 Å². The standard InChI is InChI=1S/C25H20N.C24BF20/c1-2-8-19(9-3-1)18-26-24-13-7-5-11-21(24)15-17-25(26)23-16-14-20-10-4-6-12-22(20)23;26-5-1(6(27)14(35)21(42)13(5)34)25(2-7(28)15(36)22(43)16(37)8(2)29,3-9(30)17(38)23(44)18(39)10(3)31)4-11(32)19(40)24(45)20(41)12(4)33/h1-17,23H,18H2;/q+1;-1. The van der Waals surface area contributed by atoms with Crippen molar-refractivity contribution in [3.05, 3.63) is 236 Å². The lowest BCUT2D eigenvalue weighted by Crippen LogP contribution is -2.81. The minimum absolute atomic E-state index is 0.305. The van der Waals surface area contributed by atoms with Crippen LogP contribution in [0.4, 0.5) is 87.8 Å².